The van der Waals surface area contributed by atoms with Gasteiger partial charge in [-0.1, -0.05) is 80.4 Å². The van der Waals surface area contributed by atoms with Crippen LogP contribution in [-0.4, -0.2) is 11.5 Å². The van der Waals surface area contributed by atoms with Gasteiger partial charge < -0.3 is 0 Å². The van der Waals surface area contributed by atoms with Crippen LogP contribution in [0.2, 0.25) is 0 Å². The Hall–Kier alpha value is -2.48. The van der Waals surface area contributed by atoms with E-state index in [9.17, 15) is 4.79 Å². The molecular formula is C26H35NO. The van der Waals surface area contributed by atoms with Gasteiger partial charge >= 0.3 is 0 Å². The lowest BCUT2D eigenvalue weighted by atomic mass is 9.98. The van der Waals surface area contributed by atoms with E-state index in [0.717, 1.165) is 22.5 Å². The molecule has 0 saturated heterocycles. The van der Waals surface area contributed by atoms with E-state index in [1.807, 2.05) is 27.7 Å². The molecule has 2 aromatic rings. The Bertz CT molecular complexity index is 824. The summed E-state index contributed by atoms with van der Waals surface area (Å²) in [6, 6.07) is 17.0. The van der Waals surface area contributed by atoms with Crippen LogP contribution in [0.25, 0.3) is 11.3 Å². The number of carbonyl (C=O) groups excluding carboxylic acids is 1. The predicted molar refractivity (Wildman–Crippen MR) is 124 cm³/mol. The van der Waals surface area contributed by atoms with E-state index >= 15 is 0 Å². The van der Waals surface area contributed by atoms with Crippen molar-refractivity contribution in [1.29, 1.82) is 0 Å². The van der Waals surface area contributed by atoms with Gasteiger partial charge in [0.05, 0.1) is 5.70 Å². The summed E-state index contributed by atoms with van der Waals surface area (Å²) in [5.41, 5.74) is 7.84. The SMILES string of the molecule is CC.CC(=O)C(C)CC(C)=N/C(=C(\C)c1ccc(C)cc1)c1ccc(C)cc1. The largest absolute Gasteiger partial charge is 0.300 e. The molecule has 0 aliphatic heterocycles. The summed E-state index contributed by atoms with van der Waals surface area (Å²) in [5.74, 6) is 0.202. The molecule has 28 heavy (non-hydrogen) atoms. The maximum atomic E-state index is 11.6. The normalized spacial score (nSPS) is 13.2. The zero-order valence-electron chi connectivity index (χ0n) is 18.8. The average molecular weight is 378 g/mol. The number of nitrogens with zero attached hydrogens (tertiary/aromatic N) is 1. The van der Waals surface area contributed by atoms with Crippen molar-refractivity contribution in [2.45, 2.75) is 61.8 Å². The minimum absolute atomic E-state index is 0.00213. The molecule has 0 aromatic heterocycles. The summed E-state index contributed by atoms with van der Waals surface area (Å²) in [7, 11) is 0. The second kappa shape index (κ2) is 11.4. The Kier molecular flexibility index (Phi) is 9.58. The third kappa shape index (κ3) is 6.92. The first kappa shape index (κ1) is 23.6. The lowest BCUT2D eigenvalue weighted by Gasteiger charge is -2.13. The molecule has 0 saturated carbocycles. The van der Waals surface area contributed by atoms with E-state index in [-0.39, 0.29) is 11.7 Å². The third-order valence-corrected chi connectivity index (χ3v) is 4.76. The molecule has 2 rings (SSSR count). The van der Waals surface area contributed by atoms with Gasteiger partial charge in [0.25, 0.3) is 0 Å². The summed E-state index contributed by atoms with van der Waals surface area (Å²) >= 11 is 0. The van der Waals surface area contributed by atoms with Gasteiger partial charge in [-0.25, -0.2) is 0 Å². The molecule has 1 atom stereocenters. The summed E-state index contributed by atoms with van der Waals surface area (Å²) in [6.07, 6.45) is 0.686. The first-order valence-electron chi connectivity index (χ1n) is 10.2. The van der Waals surface area contributed by atoms with Crippen LogP contribution in [0.5, 0.6) is 0 Å². The van der Waals surface area contributed by atoms with Crippen LogP contribution in [0.4, 0.5) is 0 Å². The van der Waals surface area contributed by atoms with Crippen LogP contribution in [0.15, 0.2) is 53.5 Å². The van der Waals surface area contributed by atoms with E-state index in [1.165, 1.54) is 16.7 Å². The van der Waals surface area contributed by atoms with Crippen molar-refractivity contribution >= 4 is 22.8 Å². The van der Waals surface area contributed by atoms with Crippen LogP contribution in [0.1, 0.15) is 70.2 Å². The predicted octanol–water partition coefficient (Wildman–Crippen LogP) is 7.29. The molecule has 0 amide bonds. The quantitative estimate of drug-likeness (QED) is 0.384. The number of allylic oxidation sites excluding steroid dienone is 1. The van der Waals surface area contributed by atoms with Crippen molar-refractivity contribution in [3.05, 3.63) is 70.8 Å². The van der Waals surface area contributed by atoms with Crippen LogP contribution in [-0.2, 0) is 4.79 Å². The van der Waals surface area contributed by atoms with Gasteiger partial charge in [-0.2, -0.15) is 0 Å². The number of Topliss-reactive ketones (excluding diaryl/α,β-unsaturated/α-hetero) is 1. The molecule has 1 unspecified atom stereocenters. The monoisotopic (exact) mass is 377 g/mol. The number of rotatable bonds is 6. The minimum atomic E-state index is -0.00213. The molecule has 0 radical (unpaired) electrons. The van der Waals surface area contributed by atoms with Crippen LogP contribution >= 0.6 is 0 Å². The highest BCUT2D eigenvalue weighted by atomic mass is 16.1. The number of benzene rings is 2. The lowest BCUT2D eigenvalue weighted by molar-refractivity contribution is -0.120. The van der Waals surface area contributed by atoms with Crippen molar-refractivity contribution in [2.24, 2.45) is 10.9 Å². The van der Waals surface area contributed by atoms with Gasteiger partial charge in [-0.15, -0.1) is 0 Å². The number of ketones is 1. The summed E-state index contributed by atoms with van der Waals surface area (Å²) in [5, 5.41) is 0. The molecule has 150 valence electrons. The van der Waals surface area contributed by atoms with E-state index in [4.69, 9.17) is 4.99 Å². The lowest BCUT2D eigenvalue weighted by Crippen LogP contribution is -2.10. The number of aliphatic imine (C=N–C) groups is 1. The van der Waals surface area contributed by atoms with Crippen molar-refractivity contribution in [3.8, 4) is 0 Å². The summed E-state index contributed by atoms with van der Waals surface area (Å²) in [6.45, 7) is 15.9. The Morgan fingerprint density at radius 3 is 1.68 bits per heavy atom. The molecule has 0 fully saturated rings. The topological polar surface area (TPSA) is 29.4 Å². The minimum Gasteiger partial charge on any atom is -0.300 e. The second-order valence-corrected chi connectivity index (χ2v) is 7.27. The molecule has 2 nitrogen and oxygen atoms in total. The second-order valence-electron chi connectivity index (χ2n) is 7.27. The van der Waals surface area contributed by atoms with Gasteiger partial charge in [0, 0.05) is 17.2 Å². The molecule has 0 aliphatic carbocycles. The molecule has 2 heteroatoms. The number of hydrogen-bond donors (Lipinski definition) is 0. The van der Waals surface area contributed by atoms with Gasteiger partial charge in [-0.05, 0) is 52.2 Å². The van der Waals surface area contributed by atoms with E-state index in [1.54, 1.807) is 6.92 Å². The summed E-state index contributed by atoms with van der Waals surface area (Å²) in [4.78, 5) is 16.5. The molecule has 0 bridgehead atoms. The number of carbonyl (C=O) groups is 1. The Morgan fingerprint density at radius 1 is 0.821 bits per heavy atom. The summed E-state index contributed by atoms with van der Waals surface area (Å²) < 4.78 is 0. The number of aryl methyl sites for hydroxylation is 2. The highest BCUT2D eigenvalue weighted by molar-refractivity contribution is 5.97. The fourth-order valence-corrected chi connectivity index (χ4v) is 2.84. The van der Waals surface area contributed by atoms with Crippen molar-refractivity contribution in [1.82, 2.24) is 0 Å². The van der Waals surface area contributed by atoms with Crippen molar-refractivity contribution in [3.63, 3.8) is 0 Å². The van der Waals surface area contributed by atoms with Crippen LogP contribution < -0.4 is 0 Å². The molecule has 0 N–H and O–H groups in total. The molecule has 0 spiro atoms. The third-order valence-electron chi connectivity index (χ3n) is 4.76. The Morgan fingerprint density at radius 2 is 1.25 bits per heavy atom. The Labute approximate surface area is 171 Å². The highest BCUT2D eigenvalue weighted by Crippen LogP contribution is 2.28. The van der Waals surface area contributed by atoms with Crippen LogP contribution in [0.3, 0.4) is 0 Å². The standard InChI is InChI=1S/C24H29NO.C2H6/c1-16-7-11-22(12-8-16)20(5)24(23-13-9-17(2)10-14-23)25-19(4)15-18(3)21(6)26;1-2/h7-14,18H,15H2,1-6H3;1-2H3/b24-20+,25-19?;. The van der Waals surface area contributed by atoms with Crippen molar-refractivity contribution < 1.29 is 4.79 Å². The smallest absolute Gasteiger partial charge is 0.133 e. The van der Waals surface area contributed by atoms with Crippen molar-refractivity contribution in [2.75, 3.05) is 0 Å². The van der Waals surface area contributed by atoms with E-state index in [0.29, 0.717) is 6.42 Å². The molecule has 0 aliphatic rings. The fourth-order valence-electron chi connectivity index (χ4n) is 2.84. The maximum absolute atomic E-state index is 11.6. The van der Waals surface area contributed by atoms with Gasteiger partial charge in [0.2, 0.25) is 0 Å². The first-order chi connectivity index (χ1) is 13.3. The highest BCUT2D eigenvalue weighted by Gasteiger charge is 2.12. The van der Waals surface area contributed by atoms with E-state index in [2.05, 4.69) is 69.3 Å². The maximum Gasteiger partial charge on any atom is 0.133 e. The first-order valence-corrected chi connectivity index (χ1v) is 10.2. The van der Waals surface area contributed by atoms with E-state index < -0.39 is 0 Å². The van der Waals surface area contributed by atoms with Gasteiger partial charge in [0.1, 0.15) is 5.78 Å². The fraction of sp³-hybridized carbons (Fsp3) is 0.385. The molecule has 2 aromatic carbocycles. The van der Waals surface area contributed by atoms with Gasteiger partial charge in [-0.3, -0.25) is 9.79 Å². The van der Waals surface area contributed by atoms with Gasteiger partial charge in [0.15, 0.2) is 0 Å². The number of hydrogen-bond acceptors (Lipinski definition) is 2. The zero-order valence-corrected chi connectivity index (χ0v) is 18.8. The zero-order chi connectivity index (χ0) is 21.3. The average Bonchev–Trinajstić information content (AvgIpc) is 2.68. The van der Waals surface area contributed by atoms with Crippen LogP contribution in [0, 0.1) is 19.8 Å². The molecule has 0 heterocycles. The Balaban J connectivity index is 0.00000190. The molecular weight excluding hydrogens is 342 g/mol.